The number of esters is 2. The van der Waals surface area contributed by atoms with Crippen molar-refractivity contribution >= 4 is 19.8 Å². The Bertz CT molecular complexity index is 1460. The summed E-state index contributed by atoms with van der Waals surface area (Å²) in [4.78, 5) is 35.3. The zero-order valence-electron chi connectivity index (χ0n) is 43.5. The van der Waals surface area contributed by atoms with Gasteiger partial charge in [0, 0.05) is 12.8 Å². The topological polar surface area (TPSA) is 149 Å². The molecule has 0 amide bonds. The molecule has 0 aliphatic rings. The van der Waals surface area contributed by atoms with Crippen molar-refractivity contribution in [3.05, 3.63) is 97.2 Å². The Hall–Kier alpha value is -3.11. The van der Waals surface area contributed by atoms with E-state index in [1.165, 1.54) is 77.0 Å². The van der Waals surface area contributed by atoms with E-state index in [-0.39, 0.29) is 19.4 Å². The monoisotopic (exact) mass is 987 g/mol. The van der Waals surface area contributed by atoms with Crippen LogP contribution in [0.3, 0.4) is 0 Å². The molecule has 0 fully saturated rings. The van der Waals surface area contributed by atoms with Crippen LogP contribution in [0, 0.1) is 0 Å². The van der Waals surface area contributed by atoms with Crippen molar-refractivity contribution in [2.45, 2.75) is 232 Å². The molecule has 11 heteroatoms. The molecule has 396 valence electrons. The summed E-state index contributed by atoms with van der Waals surface area (Å²) in [5, 5.41) is 18.4. The molecule has 0 aliphatic carbocycles. The lowest BCUT2D eigenvalue weighted by atomic mass is 10.0. The van der Waals surface area contributed by atoms with Gasteiger partial charge in [-0.3, -0.25) is 18.6 Å². The van der Waals surface area contributed by atoms with Crippen LogP contribution < -0.4 is 0 Å². The van der Waals surface area contributed by atoms with Crippen molar-refractivity contribution in [3.8, 4) is 0 Å². The summed E-state index contributed by atoms with van der Waals surface area (Å²) in [6, 6.07) is 0. The zero-order chi connectivity index (χ0) is 50.4. The predicted molar refractivity (Wildman–Crippen MR) is 288 cm³/mol. The highest BCUT2D eigenvalue weighted by Gasteiger charge is 2.27. The van der Waals surface area contributed by atoms with Crippen molar-refractivity contribution in [1.29, 1.82) is 0 Å². The predicted octanol–water partition coefficient (Wildman–Crippen LogP) is 15.9. The molecule has 69 heavy (non-hydrogen) atoms. The second-order valence-corrected chi connectivity index (χ2v) is 19.3. The van der Waals surface area contributed by atoms with Crippen LogP contribution in [0.25, 0.3) is 0 Å². The Balaban J connectivity index is 4.17. The van der Waals surface area contributed by atoms with E-state index in [4.69, 9.17) is 23.6 Å². The van der Waals surface area contributed by atoms with Crippen molar-refractivity contribution in [3.63, 3.8) is 0 Å². The number of hydrogen-bond donors (Lipinski definition) is 3. The molecule has 10 nitrogen and oxygen atoms in total. The minimum absolute atomic E-state index is 0.173. The van der Waals surface area contributed by atoms with Gasteiger partial charge in [-0.2, -0.15) is 0 Å². The third kappa shape index (κ3) is 52.5. The van der Waals surface area contributed by atoms with Crippen molar-refractivity contribution in [2.24, 2.45) is 0 Å². The van der Waals surface area contributed by atoms with Crippen molar-refractivity contribution in [2.75, 3.05) is 26.4 Å². The summed E-state index contributed by atoms with van der Waals surface area (Å²) < 4.78 is 32.9. The van der Waals surface area contributed by atoms with Gasteiger partial charge in [-0.15, -0.1) is 0 Å². The van der Waals surface area contributed by atoms with E-state index in [0.29, 0.717) is 12.8 Å². The molecule has 0 spiro atoms. The Morgan fingerprint density at radius 2 is 0.754 bits per heavy atom. The van der Waals surface area contributed by atoms with Crippen molar-refractivity contribution < 1.29 is 47.8 Å². The van der Waals surface area contributed by atoms with Crippen LogP contribution in [0.1, 0.15) is 219 Å². The average Bonchev–Trinajstić information content (AvgIpc) is 3.34. The fraction of sp³-hybridized carbons (Fsp3) is 0.690. The molecule has 0 rings (SSSR count). The SMILES string of the molecule is CC/C=C\C/C=C\C/C=C\C/C=C\CCCCCCCCCCCCC(=O)OCC(COP(=O)(O)OCC(O)CO)OC(=O)CCCCCCCCCCCC/C=C\C/C=C\C/C=C\C/C=C\CC. The number of hydrogen-bond acceptors (Lipinski definition) is 9. The second kappa shape index (κ2) is 52.7. The summed E-state index contributed by atoms with van der Waals surface area (Å²) in [7, 11) is -4.63. The molecule has 0 aromatic rings. The highest BCUT2D eigenvalue weighted by molar-refractivity contribution is 7.47. The number of carbonyl (C=O) groups is 2. The third-order valence-corrected chi connectivity index (χ3v) is 12.2. The molecule has 0 saturated carbocycles. The van der Waals surface area contributed by atoms with Gasteiger partial charge in [0.05, 0.1) is 19.8 Å². The second-order valence-electron chi connectivity index (χ2n) is 17.8. The summed E-state index contributed by atoms with van der Waals surface area (Å²) in [6.07, 6.45) is 66.6. The first-order valence-corrected chi connectivity index (χ1v) is 28.7. The van der Waals surface area contributed by atoms with Crippen LogP contribution in [0.2, 0.25) is 0 Å². The number of rotatable bonds is 50. The molecule has 3 unspecified atom stereocenters. The largest absolute Gasteiger partial charge is 0.472 e. The first kappa shape index (κ1) is 65.9. The molecule has 0 radical (unpaired) electrons. The number of phosphoric ester groups is 1. The Morgan fingerprint density at radius 1 is 0.435 bits per heavy atom. The number of aliphatic hydroxyl groups is 2. The smallest absolute Gasteiger partial charge is 0.462 e. The van der Waals surface area contributed by atoms with E-state index >= 15 is 0 Å². The summed E-state index contributed by atoms with van der Waals surface area (Å²) >= 11 is 0. The number of ether oxygens (including phenoxy) is 2. The Labute approximate surface area is 421 Å². The van der Waals surface area contributed by atoms with Crippen LogP contribution in [0.15, 0.2) is 97.2 Å². The highest BCUT2D eigenvalue weighted by atomic mass is 31.2. The highest BCUT2D eigenvalue weighted by Crippen LogP contribution is 2.43. The molecule has 0 aliphatic heterocycles. The maximum atomic E-state index is 12.7. The lowest BCUT2D eigenvalue weighted by Crippen LogP contribution is -2.29. The van der Waals surface area contributed by atoms with Gasteiger partial charge in [-0.25, -0.2) is 4.57 Å². The Kier molecular flexibility index (Phi) is 50.3. The summed E-state index contributed by atoms with van der Waals surface area (Å²) in [5.41, 5.74) is 0. The van der Waals surface area contributed by atoms with E-state index in [1.807, 2.05) is 0 Å². The van der Waals surface area contributed by atoms with Gasteiger partial charge in [0.1, 0.15) is 12.7 Å². The third-order valence-electron chi connectivity index (χ3n) is 11.2. The Morgan fingerprint density at radius 3 is 1.13 bits per heavy atom. The van der Waals surface area contributed by atoms with Crippen LogP contribution in [-0.4, -0.2) is 65.7 Å². The summed E-state index contributed by atoms with van der Waals surface area (Å²) in [5.74, 6) is -0.936. The van der Waals surface area contributed by atoms with Crippen LogP contribution in [0.4, 0.5) is 0 Å². The number of phosphoric acid groups is 1. The normalized spacial score (nSPS) is 14.3. The number of aliphatic hydroxyl groups excluding tert-OH is 2. The van der Waals surface area contributed by atoms with Crippen LogP contribution in [0.5, 0.6) is 0 Å². The minimum atomic E-state index is -4.63. The maximum absolute atomic E-state index is 12.7. The maximum Gasteiger partial charge on any atom is 0.472 e. The van der Waals surface area contributed by atoms with Gasteiger partial charge < -0.3 is 24.6 Å². The first-order chi connectivity index (χ1) is 33.7. The molecule has 3 N–H and O–H groups in total. The molecule has 0 saturated heterocycles. The molecule has 0 aromatic heterocycles. The fourth-order valence-electron chi connectivity index (χ4n) is 7.15. The van der Waals surface area contributed by atoms with E-state index in [9.17, 15) is 24.2 Å². The van der Waals surface area contributed by atoms with E-state index in [2.05, 4.69) is 111 Å². The van der Waals surface area contributed by atoms with Crippen LogP contribution in [-0.2, 0) is 32.7 Å². The fourth-order valence-corrected chi connectivity index (χ4v) is 7.94. The van der Waals surface area contributed by atoms with E-state index in [0.717, 1.165) is 103 Å². The first-order valence-electron chi connectivity index (χ1n) is 27.2. The van der Waals surface area contributed by atoms with Gasteiger partial charge in [0.15, 0.2) is 6.10 Å². The lowest BCUT2D eigenvalue weighted by Gasteiger charge is -2.20. The van der Waals surface area contributed by atoms with E-state index < -0.39 is 51.8 Å². The minimum Gasteiger partial charge on any atom is -0.462 e. The quantitative estimate of drug-likeness (QED) is 0.0233. The van der Waals surface area contributed by atoms with Gasteiger partial charge in [-0.05, 0) is 89.9 Å². The van der Waals surface area contributed by atoms with Gasteiger partial charge in [0.2, 0.25) is 0 Å². The van der Waals surface area contributed by atoms with Gasteiger partial charge in [0.25, 0.3) is 0 Å². The molecule has 0 aromatic carbocycles. The number of allylic oxidation sites excluding steroid dienone is 16. The lowest BCUT2D eigenvalue weighted by molar-refractivity contribution is -0.161. The molecule has 0 bridgehead atoms. The summed E-state index contributed by atoms with van der Waals surface area (Å²) in [6.45, 7) is 2.16. The molecular formula is C58H99O10P. The molecule has 0 heterocycles. The molecule has 3 atom stereocenters. The van der Waals surface area contributed by atoms with Gasteiger partial charge >= 0.3 is 19.8 Å². The standard InChI is InChI=1S/C58H99O10P/c1-3-5-7-9-11-13-15-17-19-21-23-25-27-29-31-33-35-37-39-41-43-45-47-49-57(61)65-53-56(54-67-69(63,64)66-52-55(60)51-59)68-58(62)50-48-46-44-42-40-38-36-34-32-30-28-26-24-22-20-18-16-14-12-10-8-6-4-2/h5-8,11-14,17-20,23-26,55-56,59-60H,3-4,9-10,15-16,21-22,27-54H2,1-2H3,(H,63,64)/b7-5-,8-6-,13-11-,14-12-,19-17-,20-18-,25-23-,26-24-. The van der Waals surface area contributed by atoms with Crippen LogP contribution >= 0.6 is 7.82 Å². The number of unbranched alkanes of at least 4 members (excludes halogenated alkanes) is 20. The number of carbonyl (C=O) groups excluding carboxylic acids is 2. The van der Waals surface area contributed by atoms with Gasteiger partial charge in [-0.1, -0.05) is 214 Å². The zero-order valence-corrected chi connectivity index (χ0v) is 44.4. The van der Waals surface area contributed by atoms with Crippen molar-refractivity contribution in [1.82, 2.24) is 0 Å². The molecular weight excluding hydrogens is 888 g/mol. The average molecular weight is 987 g/mol. The van der Waals surface area contributed by atoms with E-state index in [1.54, 1.807) is 0 Å².